The Morgan fingerprint density at radius 3 is 2.62 bits per heavy atom. The van der Waals surface area contributed by atoms with Crippen molar-refractivity contribution in [1.82, 2.24) is 9.97 Å². The van der Waals surface area contributed by atoms with Crippen molar-refractivity contribution in [3.05, 3.63) is 57.2 Å². The molecule has 1 amide bonds. The molecule has 0 fully saturated rings. The van der Waals surface area contributed by atoms with Crippen molar-refractivity contribution in [3.8, 4) is 0 Å². The lowest BCUT2D eigenvalue weighted by Gasteiger charge is -2.11. The maximum absolute atomic E-state index is 12.6. The molecule has 0 aliphatic heterocycles. The molecule has 0 radical (unpaired) electrons. The fourth-order valence-electron chi connectivity index (χ4n) is 1.48. The van der Waals surface area contributed by atoms with Gasteiger partial charge < -0.3 is 10.3 Å². The van der Waals surface area contributed by atoms with E-state index in [4.69, 9.17) is 11.6 Å². The molecule has 0 saturated heterocycles. The second-order valence-electron chi connectivity index (χ2n) is 3.94. The van der Waals surface area contributed by atoms with Gasteiger partial charge in [-0.3, -0.25) is 9.59 Å². The molecular formula is C12H7ClF3N3O2. The van der Waals surface area contributed by atoms with Crippen molar-refractivity contribution in [1.29, 1.82) is 0 Å². The SMILES string of the molecule is O=C(Nc1cc(C(F)(F)F)ccc1Cl)c1cc(=O)[nH]cn1. The zero-order valence-corrected chi connectivity index (χ0v) is 10.9. The quantitative estimate of drug-likeness (QED) is 0.894. The van der Waals surface area contributed by atoms with Crippen LogP contribution in [0.1, 0.15) is 16.1 Å². The molecule has 0 saturated carbocycles. The number of nitrogens with one attached hydrogen (secondary N) is 2. The Morgan fingerprint density at radius 1 is 1.29 bits per heavy atom. The molecule has 0 bridgehead atoms. The largest absolute Gasteiger partial charge is 0.416 e. The highest BCUT2D eigenvalue weighted by molar-refractivity contribution is 6.33. The molecule has 0 spiro atoms. The Kier molecular flexibility index (Phi) is 3.99. The number of nitrogens with zero attached hydrogens (tertiary/aromatic N) is 1. The summed E-state index contributed by atoms with van der Waals surface area (Å²) in [5.41, 5.74) is -1.99. The first-order valence-electron chi connectivity index (χ1n) is 5.50. The van der Waals surface area contributed by atoms with Gasteiger partial charge in [-0.25, -0.2) is 4.98 Å². The van der Waals surface area contributed by atoms with Crippen LogP contribution in [0.5, 0.6) is 0 Å². The van der Waals surface area contributed by atoms with E-state index in [0.717, 1.165) is 24.5 Å². The molecule has 0 aliphatic rings. The number of rotatable bonds is 2. The second kappa shape index (κ2) is 5.57. The summed E-state index contributed by atoms with van der Waals surface area (Å²) in [5, 5.41) is 2.11. The van der Waals surface area contributed by atoms with Crippen molar-refractivity contribution < 1.29 is 18.0 Å². The monoisotopic (exact) mass is 317 g/mol. The van der Waals surface area contributed by atoms with Gasteiger partial charge in [0.2, 0.25) is 0 Å². The molecule has 0 atom stereocenters. The molecule has 1 aromatic heterocycles. The minimum Gasteiger partial charge on any atom is -0.319 e. The van der Waals surface area contributed by atoms with Crippen LogP contribution in [0.25, 0.3) is 0 Å². The summed E-state index contributed by atoms with van der Waals surface area (Å²) in [5.74, 6) is -0.845. The molecular weight excluding hydrogens is 311 g/mol. The normalized spacial score (nSPS) is 11.2. The van der Waals surface area contributed by atoms with Crippen LogP contribution in [0, 0.1) is 0 Å². The average Bonchev–Trinajstić information content (AvgIpc) is 2.40. The van der Waals surface area contributed by atoms with E-state index in [1.165, 1.54) is 0 Å². The lowest BCUT2D eigenvalue weighted by Crippen LogP contribution is -2.18. The van der Waals surface area contributed by atoms with Crippen molar-refractivity contribution in [2.24, 2.45) is 0 Å². The highest BCUT2D eigenvalue weighted by Crippen LogP contribution is 2.33. The molecule has 21 heavy (non-hydrogen) atoms. The number of aromatic amines is 1. The molecule has 5 nitrogen and oxygen atoms in total. The first kappa shape index (κ1) is 15.0. The van der Waals surface area contributed by atoms with Gasteiger partial charge in [-0.1, -0.05) is 11.6 Å². The van der Waals surface area contributed by atoms with Gasteiger partial charge in [0.05, 0.1) is 22.6 Å². The third-order valence-electron chi connectivity index (χ3n) is 2.45. The Hall–Kier alpha value is -2.35. The van der Waals surface area contributed by atoms with Gasteiger partial charge >= 0.3 is 6.18 Å². The van der Waals surface area contributed by atoms with Crippen LogP contribution < -0.4 is 10.9 Å². The standard InChI is InChI=1S/C12H7ClF3N3O2/c13-7-2-1-6(12(14,15)16)3-8(7)19-11(21)9-4-10(20)18-5-17-9/h1-5H,(H,19,21)(H,17,18,20). The van der Waals surface area contributed by atoms with Gasteiger partial charge in [-0.15, -0.1) is 0 Å². The maximum Gasteiger partial charge on any atom is 0.416 e. The van der Waals surface area contributed by atoms with Gasteiger partial charge in [0.1, 0.15) is 5.69 Å². The minimum atomic E-state index is -4.56. The first-order valence-corrected chi connectivity index (χ1v) is 5.88. The molecule has 9 heteroatoms. The summed E-state index contributed by atoms with van der Waals surface area (Å²) in [7, 11) is 0. The molecule has 0 aliphatic carbocycles. The topological polar surface area (TPSA) is 74.8 Å². The van der Waals surface area contributed by atoms with Gasteiger partial charge in [0, 0.05) is 6.07 Å². The predicted octanol–water partition coefficient (Wildman–Crippen LogP) is 2.69. The van der Waals surface area contributed by atoms with Crippen molar-refractivity contribution in [3.63, 3.8) is 0 Å². The number of hydrogen-bond donors (Lipinski definition) is 2. The number of halogens is 4. The van der Waals surface area contributed by atoms with E-state index >= 15 is 0 Å². The first-order chi connectivity index (χ1) is 9.77. The minimum absolute atomic E-state index is 0.0683. The number of H-pyrrole nitrogens is 1. The fourth-order valence-corrected chi connectivity index (χ4v) is 1.64. The van der Waals surface area contributed by atoms with Gasteiger partial charge in [0.25, 0.3) is 11.5 Å². The van der Waals surface area contributed by atoms with E-state index in [0.29, 0.717) is 6.07 Å². The van der Waals surface area contributed by atoms with Crippen LogP contribution in [0.4, 0.5) is 18.9 Å². The summed E-state index contributed by atoms with van der Waals surface area (Å²) in [6, 6.07) is 3.43. The Labute approximate surface area is 120 Å². The lowest BCUT2D eigenvalue weighted by molar-refractivity contribution is -0.137. The zero-order chi connectivity index (χ0) is 15.6. The van der Waals surface area contributed by atoms with Crippen LogP contribution in [0.15, 0.2) is 35.4 Å². The summed E-state index contributed by atoms with van der Waals surface area (Å²) >= 11 is 5.74. The third kappa shape index (κ3) is 3.60. The number of amides is 1. The molecule has 2 rings (SSSR count). The second-order valence-corrected chi connectivity index (χ2v) is 4.35. The van der Waals surface area contributed by atoms with Crippen LogP contribution in [0.2, 0.25) is 5.02 Å². The van der Waals surface area contributed by atoms with E-state index in [-0.39, 0.29) is 16.4 Å². The van der Waals surface area contributed by atoms with E-state index in [1.54, 1.807) is 0 Å². The molecule has 2 aromatic rings. The van der Waals surface area contributed by atoms with Gasteiger partial charge in [-0.05, 0) is 18.2 Å². The molecule has 1 aromatic carbocycles. The van der Waals surface area contributed by atoms with Crippen molar-refractivity contribution >= 4 is 23.2 Å². The highest BCUT2D eigenvalue weighted by Gasteiger charge is 2.31. The average molecular weight is 318 g/mol. The summed E-state index contributed by atoms with van der Waals surface area (Å²) in [4.78, 5) is 28.7. The zero-order valence-electron chi connectivity index (χ0n) is 10.2. The van der Waals surface area contributed by atoms with Crippen molar-refractivity contribution in [2.75, 3.05) is 5.32 Å². The van der Waals surface area contributed by atoms with Crippen LogP contribution in [-0.2, 0) is 6.18 Å². The predicted molar refractivity (Wildman–Crippen MR) is 69.3 cm³/mol. The van der Waals surface area contributed by atoms with E-state index in [9.17, 15) is 22.8 Å². The van der Waals surface area contributed by atoms with E-state index in [1.807, 2.05) is 0 Å². The smallest absolute Gasteiger partial charge is 0.319 e. The van der Waals surface area contributed by atoms with E-state index in [2.05, 4.69) is 15.3 Å². The van der Waals surface area contributed by atoms with Crippen LogP contribution >= 0.6 is 11.6 Å². The Morgan fingerprint density at radius 2 is 2.00 bits per heavy atom. The maximum atomic E-state index is 12.6. The number of carbonyl (C=O) groups excluding carboxylic acids is 1. The summed E-state index contributed by atoms with van der Waals surface area (Å²) < 4.78 is 37.8. The number of anilines is 1. The van der Waals surface area contributed by atoms with E-state index < -0.39 is 23.2 Å². The number of carbonyl (C=O) groups is 1. The number of aromatic nitrogens is 2. The number of hydrogen-bond acceptors (Lipinski definition) is 3. The molecule has 1 heterocycles. The van der Waals surface area contributed by atoms with Gasteiger partial charge in [-0.2, -0.15) is 13.2 Å². The molecule has 2 N–H and O–H groups in total. The lowest BCUT2D eigenvalue weighted by atomic mass is 10.2. The Balaban J connectivity index is 2.31. The number of alkyl halides is 3. The fraction of sp³-hybridized carbons (Fsp3) is 0.0833. The molecule has 110 valence electrons. The van der Waals surface area contributed by atoms with Gasteiger partial charge in [0.15, 0.2) is 0 Å². The van der Waals surface area contributed by atoms with Crippen molar-refractivity contribution in [2.45, 2.75) is 6.18 Å². The van der Waals surface area contributed by atoms with Crippen LogP contribution in [0.3, 0.4) is 0 Å². The summed E-state index contributed by atoms with van der Waals surface area (Å²) in [6.45, 7) is 0. The summed E-state index contributed by atoms with van der Waals surface area (Å²) in [6.07, 6.45) is -3.56. The molecule has 0 unspecified atom stereocenters. The number of benzene rings is 1. The highest BCUT2D eigenvalue weighted by atomic mass is 35.5. The third-order valence-corrected chi connectivity index (χ3v) is 2.78. The van der Waals surface area contributed by atoms with Crippen LogP contribution in [-0.4, -0.2) is 15.9 Å². The Bertz CT molecular complexity index is 743.